The largest absolute Gasteiger partial charge is 0.424 e. The predicted molar refractivity (Wildman–Crippen MR) is 81.6 cm³/mol. The molecule has 112 valence electrons. The standard InChI is InChI=1S/C16H20N2O2S/c1-16(2,3)15-18-17-14(20-15)10-21(19)13-8-7-11-5-4-6-12(11)9-13/h7-9H,4-6,10H2,1-3H3/t21-/m1/s1. The fourth-order valence-corrected chi connectivity index (χ4v) is 3.50. The topological polar surface area (TPSA) is 56.0 Å². The van der Waals surface area contributed by atoms with Gasteiger partial charge in [0.2, 0.25) is 11.8 Å². The zero-order chi connectivity index (χ0) is 15.0. The van der Waals surface area contributed by atoms with E-state index in [-0.39, 0.29) is 11.2 Å². The molecular formula is C16H20N2O2S. The van der Waals surface area contributed by atoms with Gasteiger partial charge < -0.3 is 4.42 Å². The van der Waals surface area contributed by atoms with Gasteiger partial charge in [-0.3, -0.25) is 4.21 Å². The number of fused-ring (bicyclic) bond motifs is 1. The van der Waals surface area contributed by atoms with E-state index in [1.807, 2.05) is 26.8 Å². The van der Waals surface area contributed by atoms with Crippen LogP contribution in [0.3, 0.4) is 0 Å². The van der Waals surface area contributed by atoms with E-state index in [2.05, 4.69) is 22.3 Å². The molecule has 0 spiro atoms. The molecule has 1 heterocycles. The van der Waals surface area contributed by atoms with E-state index in [1.165, 1.54) is 17.5 Å². The molecule has 4 nitrogen and oxygen atoms in total. The summed E-state index contributed by atoms with van der Waals surface area (Å²) in [6.07, 6.45) is 3.43. The van der Waals surface area contributed by atoms with Crippen LogP contribution in [-0.2, 0) is 34.8 Å². The lowest BCUT2D eigenvalue weighted by atomic mass is 9.97. The van der Waals surface area contributed by atoms with Crippen molar-refractivity contribution in [3.8, 4) is 0 Å². The number of aromatic nitrogens is 2. The lowest BCUT2D eigenvalue weighted by molar-refractivity contribution is 0.378. The zero-order valence-corrected chi connectivity index (χ0v) is 13.5. The van der Waals surface area contributed by atoms with Crippen LogP contribution in [0.25, 0.3) is 0 Å². The number of aryl methyl sites for hydroxylation is 2. The van der Waals surface area contributed by atoms with Gasteiger partial charge in [-0.25, -0.2) is 0 Å². The van der Waals surface area contributed by atoms with Crippen molar-refractivity contribution >= 4 is 10.8 Å². The third-order valence-electron chi connectivity index (χ3n) is 3.70. The second kappa shape index (κ2) is 5.37. The molecule has 5 heteroatoms. The minimum absolute atomic E-state index is 0.180. The van der Waals surface area contributed by atoms with E-state index in [0.717, 1.165) is 17.7 Å². The van der Waals surface area contributed by atoms with E-state index >= 15 is 0 Å². The average Bonchev–Trinajstić information content (AvgIpc) is 3.04. The Morgan fingerprint density at radius 3 is 2.67 bits per heavy atom. The average molecular weight is 304 g/mol. The summed E-state index contributed by atoms with van der Waals surface area (Å²) in [6, 6.07) is 6.13. The summed E-state index contributed by atoms with van der Waals surface area (Å²) in [7, 11) is -1.14. The SMILES string of the molecule is CC(C)(C)c1nnc(C[S@@](=O)c2ccc3c(c2)CCC3)o1. The van der Waals surface area contributed by atoms with E-state index < -0.39 is 10.8 Å². The predicted octanol–water partition coefficient (Wildman–Crippen LogP) is 3.16. The van der Waals surface area contributed by atoms with Gasteiger partial charge in [0.15, 0.2) is 0 Å². The van der Waals surface area contributed by atoms with Gasteiger partial charge >= 0.3 is 0 Å². The third kappa shape index (κ3) is 3.07. The van der Waals surface area contributed by atoms with Crippen molar-refractivity contribution in [2.75, 3.05) is 0 Å². The molecule has 0 N–H and O–H groups in total. The van der Waals surface area contributed by atoms with Crippen molar-refractivity contribution in [1.82, 2.24) is 10.2 Å². The highest BCUT2D eigenvalue weighted by Crippen LogP contribution is 2.25. The Morgan fingerprint density at radius 2 is 1.95 bits per heavy atom. The van der Waals surface area contributed by atoms with Crippen molar-refractivity contribution in [3.63, 3.8) is 0 Å². The van der Waals surface area contributed by atoms with Crippen LogP contribution in [0.1, 0.15) is 50.1 Å². The number of benzene rings is 1. The van der Waals surface area contributed by atoms with Gasteiger partial charge in [-0.15, -0.1) is 10.2 Å². The Kier molecular flexibility index (Phi) is 3.69. The molecule has 21 heavy (non-hydrogen) atoms. The number of hydrogen-bond donors (Lipinski definition) is 0. The van der Waals surface area contributed by atoms with Gasteiger partial charge in [0.05, 0.1) is 10.8 Å². The first kappa shape index (κ1) is 14.4. The van der Waals surface area contributed by atoms with E-state index in [1.54, 1.807) is 0 Å². The van der Waals surface area contributed by atoms with Crippen molar-refractivity contribution in [3.05, 3.63) is 41.1 Å². The fraction of sp³-hybridized carbons (Fsp3) is 0.500. The van der Waals surface area contributed by atoms with Gasteiger partial charge in [0.25, 0.3) is 0 Å². The molecule has 3 rings (SSSR count). The van der Waals surface area contributed by atoms with Gasteiger partial charge in [-0.05, 0) is 42.5 Å². The normalized spacial score (nSPS) is 16.0. The maximum atomic E-state index is 12.5. The summed E-state index contributed by atoms with van der Waals surface area (Å²) in [5, 5.41) is 8.05. The molecule has 1 aliphatic rings. The Bertz CT molecular complexity index is 686. The molecule has 0 fully saturated rings. The van der Waals surface area contributed by atoms with E-state index in [0.29, 0.717) is 11.8 Å². The molecule has 1 aliphatic carbocycles. The summed E-state index contributed by atoms with van der Waals surface area (Å²) in [4.78, 5) is 0.853. The van der Waals surface area contributed by atoms with E-state index in [9.17, 15) is 4.21 Å². The van der Waals surface area contributed by atoms with E-state index in [4.69, 9.17) is 4.42 Å². The zero-order valence-electron chi connectivity index (χ0n) is 12.7. The van der Waals surface area contributed by atoms with Crippen LogP contribution in [0.5, 0.6) is 0 Å². The molecule has 0 bridgehead atoms. The lowest BCUT2D eigenvalue weighted by Gasteiger charge is -2.10. The second-order valence-corrected chi connectivity index (χ2v) is 7.98. The molecule has 0 radical (unpaired) electrons. The molecule has 1 aromatic heterocycles. The van der Waals surface area contributed by atoms with Crippen molar-refractivity contribution in [2.24, 2.45) is 0 Å². The number of nitrogens with zero attached hydrogens (tertiary/aromatic N) is 2. The monoisotopic (exact) mass is 304 g/mol. The minimum atomic E-state index is -1.14. The third-order valence-corrected chi connectivity index (χ3v) is 4.98. The van der Waals surface area contributed by atoms with Gasteiger partial charge in [-0.2, -0.15) is 0 Å². The Hall–Kier alpha value is -1.49. The summed E-state index contributed by atoms with van der Waals surface area (Å²) >= 11 is 0. The maximum Gasteiger partial charge on any atom is 0.229 e. The number of rotatable bonds is 3. The summed E-state index contributed by atoms with van der Waals surface area (Å²) in [6.45, 7) is 6.05. The first-order valence-corrected chi connectivity index (χ1v) is 8.58. The molecule has 2 aromatic rings. The highest BCUT2D eigenvalue weighted by molar-refractivity contribution is 7.84. The summed E-state index contributed by atoms with van der Waals surface area (Å²) in [5.74, 6) is 1.31. The van der Waals surface area contributed by atoms with Crippen LogP contribution >= 0.6 is 0 Å². The highest BCUT2D eigenvalue weighted by atomic mass is 32.2. The Labute approximate surface area is 127 Å². The Morgan fingerprint density at radius 1 is 1.19 bits per heavy atom. The molecule has 0 amide bonds. The van der Waals surface area contributed by atoms with Crippen LogP contribution < -0.4 is 0 Å². The van der Waals surface area contributed by atoms with Crippen molar-refractivity contribution in [1.29, 1.82) is 0 Å². The Balaban J connectivity index is 1.76. The molecule has 0 aliphatic heterocycles. The fourth-order valence-electron chi connectivity index (χ4n) is 2.50. The summed E-state index contributed by atoms with van der Waals surface area (Å²) < 4.78 is 18.1. The van der Waals surface area contributed by atoms with Crippen molar-refractivity contribution in [2.45, 2.75) is 56.1 Å². The lowest BCUT2D eigenvalue weighted by Crippen LogP contribution is -2.11. The second-order valence-electron chi connectivity index (χ2n) is 6.52. The first-order chi connectivity index (χ1) is 9.93. The molecule has 1 aromatic carbocycles. The molecule has 0 unspecified atom stereocenters. The minimum Gasteiger partial charge on any atom is -0.424 e. The first-order valence-electron chi connectivity index (χ1n) is 7.26. The van der Waals surface area contributed by atoms with Gasteiger partial charge in [0, 0.05) is 10.3 Å². The highest BCUT2D eigenvalue weighted by Gasteiger charge is 2.22. The molecule has 0 saturated carbocycles. The van der Waals surface area contributed by atoms with Crippen LogP contribution in [0.15, 0.2) is 27.5 Å². The molecular weight excluding hydrogens is 284 g/mol. The number of hydrogen-bond acceptors (Lipinski definition) is 4. The van der Waals surface area contributed by atoms with Crippen LogP contribution in [-0.4, -0.2) is 14.4 Å². The van der Waals surface area contributed by atoms with Crippen molar-refractivity contribution < 1.29 is 8.63 Å². The maximum absolute atomic E-state index is 12.5. The molecule has 1 atom stereocenters. The van der Waals surface area contributed by atoms with Crippen LogP contribution in [0, 0.1) is 0 Å². The summed E-state index contributed by atoms with van der Waals surface area (Å²) in [5.41, 5.74) is 2.55. The smallest absolute Gasteiger partial charge is 0.229 e. The van der Waals surface area contributed by atoms with Crippen LogP contribution in [0.4, 0.5) is 0 Å². The molecule has 0 saturated heterocycles. The van der Waals surface area contributed by atoms with Gasteiger partial charge in [-0.1, -0.05) is 26.8 Å². The van der Waals surface area contributed by atoms with Crippen LogP contribution in [0.2, 0.25) is 0 Å². The quantitative estimate of drug-likeness (QED) is 0.874. The van der Waals surface area contributed by atoms with Gasteiger partial charge in [0.1, 0.15) is 5.75 Å².